The van der Waals surface area contributed by atoms with Crippen molar-refractivity contribution in [1.29, 1.82) is 0 Å². The first-order chi connectivity index (χ1) is 9.19. The van der Waals surface area contributed by atoms with Crippen molar-refractivity contribution in [3.05, 3.63) is 41.6 Å². The second-order valence-electron chi connectivity index (χ2n) is 4.57. The minimum Gasteiger partial charge on any atom is -0.444 e. The maximum absolute atomic E-state index is 5.99. The van der Waals surface area contributed by atoms with Crippen LogP contribution in [0.15, 0.2) is 28.8 Å². The molecular weight excluding hydrogens is 240 g/mol. The number of hydrogen-bond donors (Lipinski definition) is 1. The lowest BCUT2D eigenvalue weighted by Crippen LogP contribution is -2.04. The number of rotatable bonds is 3. The summed E-state index contributed by atoms with van der Waals surface area (Å²) in [5, 5.41) is 0. The van der Waals surface area contributed by atoms with Crippen LogP contribution in [0.1, 0.15) is 24.1 Å². The number of fused-ring (bicyclic) bond motifs is 1. The van der Waals surface area contributed by atoms with Gasteiger partial charge in [0.15, 0.2) is 0 Å². The molecule has 0 bridgehead atoms. The number of nitrogens with two attached hydrogens (primary N) is 1. The van der Waals surface area contributed by atoms with E-state index in [1.165, 1.54) is 0 Å². The van der Waals surface area contributed by atoms with E-state index in [1.807, 2.05) is 36.6 Å². The van der Waals surface area contributed by atoms with Crippen molar-refractivity contribution in [2.24, 2.45) is 0 Å². The van der Waals surface area contributed by atoms with Gasteiger partial charge in [0.1, 0.15) is 12.3 Å². The number of aryl methyl sites for hydroxylation is 2. The lowest BCUT2D eigenvalue weighted by Gasteiger charge is -2.03. The van der Waals surface area contributed by atoms with E-state index in [-0.39, 0.29) is 0 Å². The monoisotopic (exact) mass is 256 g/mol. The molecule has 0 unspecified atom stereocenters. The highest BCUT2D eigenvalue weighted by Crippen LogP contribution is 2.22. The molecule has 5 nitrogen and oxygen atoms in total. The number of oxazole rings is 1. The summed E-state index contributed by atoms with van der Waals surface area (Å²) in [4.78, 5) is 8.67. The molecule has 0 fully saturated rings. The van der Waals surface area contributed by atoms with Crippen LogP contribution in [0.25, 0.3) is 11.0 Å². The van der Waals surface area contributed by atoms with Gasteiger partial charge in [-0.25, -0.2) is 9.97 Å². The molecule has 0 atom stereocenters. The highest BCUT2D eigenvalue weighted by atomic mass is 16.4. The van der Waals surface area contributed by atoms with Crippen LogP contribution in [0.5, 0.6) is 0 Å². The van der Waals surface area contributed by atoms with E-state index in [9.17, 15) is 0 Å². The first-order valence-electron chi connectivity index (χ1n) is 6.34. The fourth-order valence-corrected chi connectivity index (χ4v) is 2.19. The Balaban J connectivity index is 2.05. The third kappa shape index (κ3) is 1.97. The van der Waals surface area contributed by atoms with E-state index in [1.54, 1.807) is 6.20 Å². The number of aromatic nitrogens is 3. The maximum atomic E-state index is 5.99. The molecule has 5 heteroatoms. The average Bonchev–Trinajstić information content (AvgIpc) is 2.97. The molecule has 0 amide bonds. The van der Waals surface area contributed by atoms with Gasteiger partial charge in [0, 0.05) is 6.42 Å². The fourth-order valence-electron chi connectivity index (χ4n) is 2.19. The zero-order valence-corrected chi connectivity index (χ0v) is 11.1. The molecule has 0 aliphatic rings. The zero-order valence-electron chi connectivity index (χ0n) is 11.1. The second-order valence-corrected chi connectivity index (χ2v) is 4.57. The van der Waals surface area contributed by atoms with Crippen LogP contribution >= 0.6 is 0 Å². The van der Waals surface area contributed by atoms with Gasteiger partial charge in [0.25, 0.3) is 0 Å². The molecular formula is C14H16N4O. The van der Waals surface area contributed by atoms with Crippen molar-refractivity contribution in [2.75, 3.05) is 5.73 Å². The van der Waals surface area contributed by atoms with E-state index < -0.39 is 0 Å². The van der Waals surface area contributed by atoms with Gasteiger partial charge in [-0.15, -0.1) is 0 Å². The van der Waals surface area contributed by atoms with E-state index in [2.05, 4.69) is 9.97 Å². The predicted octanol–water partition coefficient (Wildman–Crippen LogP) is 2.53. The Morgan fingerprint density at radius 1 is 1.37 bits per heavy atom. The second kappa shape index (κ2) is 4.42. The topological polar surface area (TPSA) is 69.9 Å². The first kappa shape index (κ1) is 11.8. The maximum Gasteiger partial charge on any atom is 0.214 e. The van der Waals surface area contributed by atoms with Crippen LogP contribution in [-0.4, -0.2) is 14.5 Å². The summed E-state index contributed by atoms with van der Waals surface area (Å²) in [5.41, 5.74) is 9.05. The van der Waals surface area contributed by atoms with Crippen LogP contribution in [-0.2, 0) is 13.0 Å². The van der Waals surface area contributed by atoms with E-state index in [0.29, 0.717) is 18.4 Å². The van der Waals surface area contributed by atoms with Crippen LogP contribution < -0.4 is 5.73 Å². The number of imidazole rings is 1. The van der Waals surface area contributed by atoms with Gasteiger partial charge in [0.2, 0.25) is 11.8 Å². The molecule has 2 heterocycles. The van der Waals surface area contributed by atoms with Crippen LogP contribution in [0.3, 0.4) is 0 Å². The van der Waals surface area contributed by atoms with Crippen molar-refractivity contribution < 1.29 is 4.42 Å². The SMILES string of the molecule is CCc1cnc(Cn2c(N)nc3c(C)cccc32)o1. The Morgan fingerprint density at radius 2 is 2.21 bits per heavy atom. The van der Waals surface area contributed by atoms with Crippen molar-refractivity contribution in [3.8, 4) is 0 Å². The van der Waals surface area contributed by atoms with Gasteiger partial charge in [-0.1, -0.05) is 19.1 Å². The number of nitrogens with zero attached hydrogens (tertiary/aromatic N) is 3. The lowest BCUT2D eigenvalue weighted by molar-refractivity contribution is 0.449. The van der Waals surface area contributed by atoms with E-state index in [4.69, 9.17) is 10.2 Å². The first-order valence-corrected chi connectivity index (χ1v) is 6.34. The molecule has 2 aromatic heterocycles. The summed E-state index contributed by atoms with van der Waals surface area (Å²) in [5.74, 6) is 2.03. The summed E-state index contributed by atoms with van der Waals surface area (Å²) < 4.78 is 7.55. The fraction of sp³-hybridized carbons (Fsp3) is 0.286. The molecule has 0 aliphatic carbocycles. The molecule has 1 aromatic carbocycles. The highest BCUT2D eigenvalue weighted by molar-refractivity contribution is 5.81. The third-order valence-electron chi connectivity index (χ3n) is 3.25. The number of hydrogen-bond acceptors (Lipinski definition) is 4. The lowest BCUT2D eigenvalue weighted by atomic mass is 10.2. The zero-order chi connectivity index (χ0) is 13.4. The molecule has 2 N–H and O–H groups in total. The predicted molar refractivity (Wildman–Crippen MR) is 73.9 cm³/mol. The summed E-state index contributed by atoms with van der Waals surface area (Å²) in [7, 11) is 0. The minimum atomic E-state index is 0.487. The smallest absolute Gasteiger partial charge is 0.214 e. The molecule has 0 aliphatic heterocycles. The molecule has 0 radical (unpaired) electrons. The van der Waals surface area contributed by atoms with Gasteiger partial charge in [-0.2, -0.15) is 0 Å². The van der Waals surface area contributed by atoms with E-state index >= 15 is 0 Å². The van der Waals surface area contributed by atoms with Crippen molar-refractivity contribution in [1.82, 2.24) is 14.5 Å². The average molecular weight is 256 g/mol. The van der Waals surface area contributed by atoms with Crippen molar-refractivity contribution >= 4 is 17.0 Å². The van der Waals surface area contributed by atoms with Crippen molar-refractivity contribution in [3.63, 3.8) is 0 Å². The highest BCUT2D eigenvalue weighted by Gasteiger charge is 2.12. The molecule has 0 saturated heterocycles. The summed E-state index contributed by atoms with van der Waals surface area (Å²) in [6.45, 7) is 4.57. The van der Waals surface area contributed by atoms with Gasteiger partial charge < -0.3 is 14.7 Å². The largest absolute Gasteiger partial charge is 0.444 e. The van der Waals surface area contributed by atoms with Gasteiger partial charge in [0.05, 0.1) is 17.2 Å². The van der Waals surface area contributed by atoms with Gasteiger partial charge >= 0.3 is 0 Å². The van der Waals surface area contributed by atoms with Crippen LogP contribution in [0, 0.1) is 6.92 Å². The number of benzene rings is 1. The summed E-state index contributed by atoms with van der Waals surface area (Å²) in [6, 6.07) is 6.04. The van der Waals surface area contributed by atoms with Crippen LogP contribution in [0.2, 0.25) is 0 Å². The molecule has 98 valence electrons. The van der Waals surface area contributed by atoms with Crippen molar-refractivity contribution in [2.45, 2.75) is 26.8 Å². The Kier molecular flexibility index (Phi) is 2.74. The Hall–Kier alpha value is -2.30. The third-order valence-corrected chi connectivity index (χ3v) is 3.25. The quantitative estimate of drug-likeness (QED) is 0.781. The molecule has 3 aromatic rings. The summed E-state index contributed by atoms with van der Waals surface area (Å²) in [6.07, 6.45) is 2.60. The van der Waals surface area contributed by atoms with Gasteiger partial charge in [-0.3, -0.25) is 0 Å². The number of para-hydroxylation sites is 1. The molecule has 0 saturated carbocycles. The normalized spacial score (nSPS) is 11.3. The van der Waals surface area contributed by atoms with Gasteiger partial charge in [-0.05, 0) is 18.6 Å². The van der Waals surface area contributed by atoms with Crippen LogP contribution in [0.4, 0.5) is 5.95 Å². The minimum absolute atomic E-state index is 0.487. The Labute approximate surface area is 111 Å². The number of nitrogen functional groups attached to an aromatic ring is 1. The van der Waals surface area contributed by atoms with E-state index in [0.717, 1.165) is 28.8 Å². The standard InChI is InChI=1S/C14H16N4O/c1-3-10-7-16-12(19-10)8-18-11-6-4-5-9(2)13(11)17-14(18)15/h4-7H,3,8H2,1-2H3,(H2,15,17). The molecule has 3 rings (SSSR count). The molecule has 19 heavy (non-hydrogen) atoms. The summed E-state index contributed by atoms with van der Waals surface area (Å²) >= 11 is 0. The molecule has 0 spiro atoms. The number of anilines is 1. The Morgan fingerprint density at radius 3 is 2.95 bits per heavy atom. The Bertz CT molecular complexity index is 726.